The van der Waals surface area contributed by atoms with E-state index in [-0.39, 0.29) is 0 Å². The van der Waals surface area contributed by atoms with Crippen molar-refractivity contribution in [2.24, 2.45) is 0 Å². The predicted octanol–water partition coefficient (Wildman–Crippen LogP) is 3.51. The van der Waals surface area contributed by atoms with Crippen molar-refractivity contribution >= 4 is 11.6 Å². The van der Waals surface area contributed by atoms with E-state index in [4.69, 9.17) is 16.3 Å². The lowest BCUT2D eigenvalue weighted by Crippen LogP contribution is -1.96. The van der Waals surface area contributed by atoms with Crippen LogP contribution in [0, 0.1) is 5.82 Å². The molecule has 1 aromatic carbocycles. The van der Waals surface area contributed by atoms with Crippen molar-refractivity contribution in [1.29, 1.82) is 0 Å². The van der Waals surface area contributed by atoms with Crippen molar-refractivity contribution in [3.8, 4) is 17.0 Å². The van der Waals surface area contributed by atoms with E-state index in [9.17, 15) is 4.39 Å². The Morgan fingerprint density at radius 3 is 2.72 bits per heavy atom. The van der Waals surface area contributed by atoms with Crippen molar-refractivity contribution < 1.29 is 9.13 Å². The van der Waals surface area contributed by atoms with Gasteiger partial charge in [-0.3, -0.25) is 0 Å². The summed E-state index contributed by atoms with van der Waals surface area (Å²) in [5, 5.41) is 0.393. The van der Waals surface area contributed by atoms with Gasteiger partial charge in [-0.15, -0.1) is 0 Å². The summed E-state index contributed by atoms with van der Waals surface area (Å²) in [6, 6.07) is 4.57. The highest BCUT2D eigenvalue weighted by Crippen LogP contribution is 2.31. The highest BCUT2D eigenvalue weighted by atomic mass is 35.5. The summed E-state index contributed by atoms with van der Waals surface area (Å²) >= 11 is 6.17. The van der Waals surface area contributed by atoms with Crippen LogP contribution in [0.2, 0.25) is 5.02 Å². The van der Waals surface area contributed by atoms with Gasteiger partial charge in [-0.2, -0.15) is 0 Å². The van der Waals surface area contributed by atoms with E-state index in [1.54, 1.807) is 12.1 Å². The number of ether oxygens (including phenoxy) is 1. The van der Waals surface area contributed by atoms with Gasteiger partial charge in [0.25, 0.3) is 0 Å². The smallest absolute Gasteiger partial charge is 0.136 e. The Morgan fingerprint density at radius 1 is 1.33 bits per heavy atom. The molecule has 1 heterocycles. The quantitative estimate of drug-likeness (QED) is 0.853. The van der Waals surface area contributed by atoms with E-state index in [0.717, 1.165) is 0 Å². The highest BCUT2D eigenvalue weighted by molar-refractivity contribution is 6.33. The standard InChI is InChI=1S/C13H12ClFN2O/c1-3-11-12(14)13(17-7-16-11)9-5-4-8(18-2)6-10(9)15/h4-7H,3H2,1-2H3. The van der Waals surface area contributed by atoms with Crippen molar-refractivity contribution in [2.45, 2.75) is 13.3 Å². The van der Waals surface area contributed by atoms with Gasteiger partial charge in [0.1, 0.15) is 17.9 Å². The minimum absolute atomic E-state index is 0.345. The van der Waals surface area contributed by atoms with Crippen LogP contribution in [-0.2, 0) is 6.42 Å². The second-order valence-corrected chi connectivity index (χ2v) is 4.06. The number of hydrogen-bond acceptors (Lipinski definition) is 3. The van der Waals surface area contributed by atoms with Crippen LogP contribution in [-0.4, -0.2) is 17.1 Å². The summed E-state index contributed by atoms with van der Waals surface area (Å²) in [5.41, 5.74) is 1.46. The van der Waals surface area contributed by atoms with Gasteiger partial charge in [-0.25, -0.2) is 14.4 Å². The molecule has 0 saturated carbocycles. The van der Waals surface area contributed by atoms with E-state index in [2.05, 4.69) is 9.97 Å². The van der Waals surface area contributed by atoms with Crippen LogP contribution in [0.25, 0.3) is 11.3 Å². The Kier molecular flexibility index (Phi) is 3.77. The maximum Gasteiger partial charge on any atom is 0.136 e. The first-order valence-corrected chi connectivity index (χ1v) is 5.88. The van der Waals surface area contributed by atoms with Crippen molar-refractivity contribution in [2.75, 3.05) is 7.11 Å². The largest absolute Gasteiger partial charge is 0.497 e. The third kappa shape index (κ3) is 2.29. The summed E-state index contributed by atoms with van der Waals surface area (Å²) in [7, 11) is 1.49. The lowest BCUT2D eigenvalue weighted by molar-refractivity contribution is 0.411. The van der Waals surface area contributed by atoms with Gasteiger partial charge in [0.2, 0.25) is 0 Å². The van der Waals surface area contributed by atoms with Gasteiger partial charge < -0.3 is 4.74 Å². The Labute approximate surface area is 110 Å². The average molecular weight is 267 g/mol. The molecule has 18 heavy (non-hydrogen) atoms. The first-order chi connectivity index (χ1) is 8.67. The second-order valence-electron chi connectivity index (χ2n) is 3.68. The molecule has 5 heteroatoms. The minimum atomic E-state index is -0.419. The first-order valence-electron chi connectivity index (χ1n) is 5.50. The van der Waals surface area contributed by atoms with E-state index >= 15 is 0 Å². The summed E-state index contributed by atoms with van der Waals surface area (Å²) in [4.78, 5) is 8.11. The molecule has 0 aliphatic rings. The monoisotopic (exact) mass is 266 g/mol. The van der Waals surface area contributed by atoms with E-state index in [1.807, 2.05) is 6.92 Å². The SMILES string of the molecule is CCc1ncnc(-c2ccc(OC)cc2F)c1Cl. The lowest BCUT2D eigenvalue weighted by atomic mass is 10.1. The fraction of sp³-hybridized carbons (Fsp3) is 0.231. The molecule has 94 valence electrons. The van der Waals surface area contributed by atoms with Gasteiger partial charge in [-0.1, -0.05) is 18.5 Å². The maximum atomic E-state index is 13.9. The molecular formula is C13H12ClFN2O. The zero-order chi connectivity index (χ0) is 13.1. The molecule has 2 aromatic rings. The zero-order valence-electron chi connectivity index (χ0n) is 10.1. The predicted molar refractivity (Wildman–Crippen MR) is 68.4 cm³/mol. The normalized spacial score (nSPS) is 10.4. The molecule has 0 aliphatic heterocycles. The van der Waals surface area contributed by atoms with Crippen LogP contribution < -0.4 is 4.74 Å². The third-order valence-electron chi connectivity index (χ3n) is 2.63. The first kappa shape index (κ1) is 12.8. The second kappa shape index (κ2) is 5.31. The maximum absolute atomic E-state index is 13.9. The van der Waals surface area contributed by atoms with E-state index in [0.29, 0.717) is 34.1 Å². The van der Waals surface area contributed by atoms with Crippen molar-refractivity contribution in [1.82, 2.24) is 9.97 Å². The van der Waals surface area contributed by atoms with Crippen LogP contribution in [0.5, 0.6) is 5.75 Å². The van der Waals surface area contributed by atoms with Gasteiger partial charge in [0.15, 0.2) is 0 Å². The molecule has 3 nitrogen and oxygen atoms in total. The Balaban J connectivity index is 2.55. The number of halogens is 2. The topological polar surface area (TPSA) is 35.0 Å². The van der Waals surface area contributed by atoms with Crippen LogP contribution >= 0.6 is 11.6 Å². The number of methoxy groups -OCH3 is 1. The van der Waals surface area contributed by atoms with Gasteiger partial charge in [0.05, 0.1) is 23.5 Å². The molecule has 0 unspecified atom stereocenters. The highest BCUT2D eigenvalue weighted by Gasteiger charge is 2.14. The van der Waals surface area contributed by atoms with Crippen molar-refractivity contribution in [3.63, 3.8) is 0 Å². The van der Waals surface area contributed by atoms with Crippen LogP contribution in [0.3, 0.4) is 0 Å². The molecule has 0 radical (unpaired) electrons. The Hall–Kier alpha value is -1.68. The third-order valence-corrected chi connectivity index (χ3v) is 3.03. The molecule has 0 atom stereocenters. The number of rotatable bonds is 3. The average Bonchev–Trinajstić information content (AvgIpc) is 2.39. The molecule has 0 N–H and O–H groups in total. The van der Waals surface area contributed by atoms with E-state index < -0.39 is 5.82 Å². The number of aromatic nitrogens is 2. The molecular weight excluding hydrogens is 255 g/mol. The van der Waals surface area contributed by atoms with Crippen LogP contribution in [0.15, 0.2) is 24.5 Å². The van der Waals surface area contributed by atoms with Crippen LogP contribution in [0.4, 0.5) is 4.39 Å². The summed E-state index contributed by atoms with van der Waals surface area (Å²) in [5.74, 6) is 0.0362. The van der Waals surface area contributed by atoms with Gasteiger partial charge in [-0.05, 0) is 18.6 Å². The Bertz CT molecular complexity index is 575. The molecule has 0 aliphatic carbocycles. The molecule has 2 rings (SSSR count). The zero-order valence-corrected chi connectivity index (χ0v) is 10.8. The van der Waals surface area contributed by atoms with Crippen molar-refractivity contribution in [3.05, 3.63) is 41.1 Å². The number of aryl methyl sites for hydroxylation is 1. The van der Waals surface area contributed by atoms with E-state index in [1.165, 1.54) is 19.5 Å². The molecule has 0 spiro atoms. The molecule has 0 fully saturated rings. The summed E-state index contributed by atoms with van der Waals surface area (Å²) < 4.78 is 18.9. The fourth-order valence-electron chi connectivity index (χ4n) is 1.66. The van der Waals surface area contributed by atoms with Crippen LogP contribution in [0.1, 0.15) is 12.6 Å². The number of benzene rings is 1. The summed E-state index contributed by atoms with van der Waals surface area (Å²) in [6.07, 6.45) is 2.07. The molecule has 1 aromatic heterocycles. The minimum Gasteiger partial charge on any atom is -0.497 e. The fourth-order valence-corrected chi connectivity index (χ4v) is 1.99. The molecule has 0 saturated heterocycles. The molecule has 0 bridgehead atoms. The number of hydrogen-bond donors (Lipinski definition) is 0. The molecule has 0 amide bonds. The Morgan fingerprint density at radius 2 is 2.11 bits per heavy atom. The number of nitrogens with zero attached hydrogens (tertiary/aromatic N) is 2. The van der Waals surface area contributed by atoms with Gasteiger partial charge >= 0.3 is 0 Å². The summed E-state index contributed by atoms with van der Waals surface area (Å²) in [6.45, 7) is 1.93. The lowest BCUT2D eigenvalue weighted by Gasteiger charge is -2.08. The van der Waals surface area contributed by atoms with Gasteiger partial charge in [0, 0.05) is 11.6 Å².